The molecule has 0 aliphatic rings. The summed E-state index contributed by atoms with van der Waals surface area (Å²) >= 11 is 0. The largest absolute Gasteiger partial charge is 0.368 e. The molecular formula is C11H15FN2O. The van der Waals surface area contributed by atoms with Crippen LogP contribution in [-0.2, 0) is 11.3 Å². The molecule has 0 saturated heterocycles. The van der Waals surface area contributed by atoms with Gasteiger partial charge in [0.15, 0.2) is 0 Å². The SMILES string of the molecule is Cc1ccc(CNC(C)C(N)=O)cc1F. The van der Waals surface area contributed by atoms with Crippen molar-refractivity contribution in [2.24, 2.45) is 5.73 Å². The average Bonchev–Trinajstić information content (AvgIpc) is 2.19. The molecule has 4 heteroatoms. The highest BCUT2D eigenvalue weighted by molar-refractivity contribution is 5.79. The third kappa shape index (κ3) is 3.32. The van der Waals surface area contributed by atoms with Crippen molar-refractivity contribution in [2.75, 3.05) is 0 Å². The van der Waals surface area contributed by atoms with E-state index in [9.17, 15) is 9.18 Å². The van der Waals surface area contributed by atoms with Gasteiger partial charge in [0, 0.05) is 6.54 Å². The first-order valence-corrected chi connectivity index (χ1v) is 4.78. The molecule has 82 valence electrons. The fourth-order valence-corrected chi connectivity index (χ4v) is 1.12. The maximum Gasteiger partial charge on any atom is 0.234 e. The molecule has 1 rings (SSSR count). The summed E-state index contributed by atoms with van der Waals surface area (Å²) in [7, 11) is 0. The topological polar surface area (TPSA) is 55.1 Å². The number of carbonyl (C=O) groups excluding carboxylic acids is 1. The quantitative estimate of drug-likeness (QED) is 0.781. The second-order valence-corrected chi connectivity index (χ2v) is 3.59. The van der Waals surface area contributed by atoms with E-state index in [0.29, 0.717) is 12.1 Å². The smallest absolute Gasteiger partial charge is 0.234 e. The number of hydrogen-bond acceptors (Lipinski definition) is 2. The van der Waals surface area contributed by atoms with Crippen LogP contribution in [0.5, 0.6) is 0 Å². The molecule has 1 amide bonds. The van der Waals surface area contributed by atoms with E-state index in [1.54, 1.807) is 19.9 Å². The lowest BCUT2D eigenvalue weighted by atomic mass is 10.1. The molecule has 0 aliphatic carbocycles. The lowest BCUT2D eigenvalue weighted by molar-refractivity contribution is -0.119. The van der Waals surface area contributed by atoms with Crippen molar-refractivity contribution < 1.29 is 9.18 Å². The van der Waals surface area contributed by atoms with Gasteiger partial charge in [0.1, 0.15) is 5.82 Å². The summed E-state index contributed by atoms with van der Waals surface area (Å²) in [5.41, 5.74) is 6.49. The number of carbonyl (C=O) groups is 1. The zero-order chi connectivity index (χ0) is 11.4. The monoisotopic (exact) mass is 210 g/mol. The van der Waals surface area contributed by atoms with E-state index < -0.39 is 11.9 Å². The number of amides is 1. The van der Waals surface area contributed by atoms with E-state index in [1.807, 2.05) is 6.07 Å². The van der Waals surface area contributed by atoms with Crippen molar-refractivity contribution in [2.45, 2.75) is 26.4 Å². The Morgan fingerprint density at radius 1 is 1.60 bits per heavy atom. The van der Waals surface area contributed by atoms with E-state index in [4.69, 9.17) is 5.73 Å². The summed E-state index contributed by atoms with van der Waals surface area (Å²) in [6.45, 7) is 3.81. The lowest BCUT2D eigenvalue weighted by Crippen LogP contribution is -2.38. The Bertz CT molecular complexity index is 366. The van der Waals surface area contributed by atoms with Gasteiger partial charge >= 0.3 is 0 Å². The molecule has 0 spiro atoms. The molecule has 3 nitrogen and oxygen atoms in total. The highest BCUT2D eigenvalue weighted by Gasteiger charge is 2.07. The summed E-state index contributed by atoms with van der Waals surface area (Å²) in [4.78, 5) is 10.7. The molecule has 1 aromatic rings. The minimum absolute atomic E-state index is 0.235. The minimum atomic E-state index is -0.414. The van der Waals surface area contributed by atoms with Gasteiger partial charge in [0.2, 0.25) is 5.91 Å². The predicted octanol–water partition coefficient (Wildman–Crippen LogP) is 1.10. The van der Waals surface area contributed by atoms with Crippen LogP contribution in [0.25, 0.3) is 0 Å². The van der Waals surface area contributed by atoms with Crippen molar-refractivity contribution in [3.05, 3.63) is 35.1 Å². The second-order valence-electron chi connectivity index (χ2n) is 3.59. The molecule has 0 aromatic heterocycles. The molecule has 0 fully saturated rings. The minimum Gasteiger partial charge on any atom is -0.368 e. The lowest BCUT2D eigenvalue weighted by Gasteiger charge is -2.10. The molecule has 1 atom stereocenters. The van der Waals surface area contributed by atoms with Gasteiger partial charge in [0.25, 0.3) is 0 Å². The van der Waals surface area contributed by atoms with E-state index in [0.717, 1.165) is 5.56 Å². The van der Waals surface area contributed by atoms with Crippen molar-refractivity contribution in [1.29, 1.82) is 0 Å². The Morgan fingerprint density at radius 2 is 2.27 bits per heavy atom. The van der Waals surface area contributed by atoms with Gasteiger partial charge in [-0.3, -0.25) is 4.79 Å². The Balaban J connectivity index is 2.58. The van der Waals surface area contributed by atoms with Crippen LogP contribution in [-0.4, -0.2) is 11.9 Å². The third-order valence-corrected chi connectivity index (χ3v) is 2.28. The molecule has 0 saturated carbocycles. The van der Waals surface area contributed by atoms with Crippen LogP contribution in [0.4, 0.5) is 4.39 Å². The molecule has 0 bridgehead atoms. The molecule has 15 heavy (non-hydrogen) atoms. The van der Waals surface area contributed by atoms with Crippen LogP contribution in [0, 0.1) is 12.7 Å². The van der Waals surface area contributed by atoms with E-state index in [1.165, 1.54) is 6.07 Å². The zero-order valence-corrected chi connectivity index (χ0v) is 8.88. The van der Waals surface area contributed by atoms with Gasteiger partial charge < -0.3 is 11.1 Å². The number of nitrogens with one attached hydrogen (secondary N) is 1. The van der Waals surface area contributed by atoms with Gasteiger partial charge in [-0.1, -0.05) is 12.1 Å². The Hall–Kier alpha value is -1.42. The van der Waals surface area contributed by atoms with Gasteiger partial charge in [-0.2, -0.15) is 0 Å². The normalized spacial score (nSPS) is 12.5. The number of nitrogens with two attached hydrogens (primary N) is 1. The molecule has 3 N–H and O–H groups in total. The predicted molar refractivity (Wildman–Crippen MR) is 56.6 cm³/mol. The first-order valence-electron chi connectivity index (χ1n) is 4.78. The molecule has 1 aromatic carbocycles. The number of aryl methyl sites for hydroxylation is 1. The second kappa shape index (κ2) is 4.89. The van der Waals surface area contributed by atoms with Crippen LogP contribution in [0.3, 0.4) is 0 Å². The van der Waals surface area contributed by atoms with Crippen LogP contribution in [0.15, 0.2) is 18.2 Å². The molecular weight excluding hydrogens is 195 g/mol. The van der Waals surface area contributed by atoms with Gasteiger partial charge in [-0.15, -0.1) is 0 Å². The Morgan fingerprint density at radius 3 is 2.80 bits per heavy atom. The zero-order valence-electron chi connectivity index (χ0n) is 8.88. The number of primary amides is 1. The first kappa shape index (κ1) is 11.7. The molecule has 0 aliphatic heterocycles. The van der Waals surface area contributed by atoms with E-state index >= 15 is 0 Å². The highest BCUT2D eigenvalue weighted by Crippen LogP contribution is 2.08. The number of rotatable bonds is 4. The fourth-order valence-electron chi connectivity index (χ4n) is 1.12. The summed E-state index contributed by atoms with van der Waals surface area (Å²) in [6.07, 6.45) is 0. The summed E-state index contributed by atoms with van der Waals surface area (Å²) in [6, 6.07) is 4.57. The average molecular weight is 210 g/mol. The number of benzene rings is 1. The molecule has 1 unspecified atom stereocenters. The summed E-state index contributed by atoms with van der Waals surface area (Å²) < 4.78 is 13.1. The van der Waals surface area contributed by atoms with Crippen molar-refractivity contribution in [3.8, 4) is 0 Å². The molecule has 0 radical (unpaired) electrons. The maximum atomic E-state index is 13.1. The standard InChI is InChI=1S/C11H15FN2O/c1-7-3-4-9(5-10(7)12)6-14-8(2)11(13)15/h3-5,8,14H,6H2,1-2H3,(H2,13,15). The summed E-state index contributed by atoms with van der Waals surface area (Å²) in [5, 5.41) is 2.90. The van der Waals surface area contributed by atoms with Crippen molar-refractivity contribution in [1.82, 2.24) is 5.32 Å². The van der Waals surface area contributed by atoms with Crippen LogP contribution in [0.2, 0.25) is 0 Å². The van der Waals surface area contributed by atoms with Gasteiger partial charge in [-0.25, -0.2) is 4.39 Å². The Labute approximate surface area is 88.5 Å². The number of halogens is 1. The number of hydrogen-bond donors (Lipinski definition) is 2. The van der Waals surface area contributed by atoms with Crippen molar-refractivity contribution in [3.63, 3.8) is 0 Å². The van der Waals surface area contributed by atoms with E-state index in [-0.39, 0.29) is 5.82 Å². The van der Waals surface area contributed by atoms with Crippen LogP contribution < -0.4 is 11.1 Å². The van der Waals surface area contributed by atoms with E-state index in [2.05, 4.69) is 5.32 Å². The maximum absolute atomic E-state index is 13.1. The van der Waals surface area contributed by atoms with Crippen LogP contribution in [0.1, 0.15) is 18.1 Å². The van der Waals surface area contributed by atoms with Crippen molar-refractivity contribution >= 4 is 5.91 Å². The summed E-state index contributed by atoms with van der Waals surface area (Å²) in [5.74, 6) is -0.649. The third-order valence-electron chi connectivity index (χ3n) is 2.28. The first-order chi connectivity index (χ1) is 7.00. The van der Waals surface area contributed by atoms with Crippen LogP contribution >= 0.6 is 0 Å². The Kier molecular flexibility index (Phi) is 3.80. The molecule has 0 heterocycles. The highest BCUT2D eigenvalue weighted by atomic mass is 19.1. The fraction of sp³-hybridized carbons (Fsp3) is 0.364. The van der Waals surface area contributed by atoms with Gasteiger partial charge in [0.05, 0.1) is 6.04 Å². The van der Waals surface area contributed by atoms with Gasteiger partial charge in [-0.05, 0) is 31.0 Å².